The molecule has 0 aliphatic rings. The first-order valence-corrected chi connectivity index (χ1v) is 10.5. The topological polar surface area (TPSA) is 103 Å². The molecule has 0 spiro atoms. The van der Waals surface area contributed by atoms with Gasteiger partial charge in [0.15, 0.2) is 0 Å². The molecule has 9 nitrogen and oxygen atoms in total. The molecule has 0 atom stereocenters. The summed E-state index contributed by atoms with van der Waals surface area (Å²) >= 11 is 0. The van der Waals surface area contributed by atoms with Gasteiger partial charge >= 0.3 is 6.03 Å². The number of carbonyl (C=O) groups is 1. The summed E-state index contributed by atoms with van der Waals surface area (Å²) < 4.78 is 18.2. The third kappa shape index (κ3) is 6.36. The molecule has 2 N–H and O–H groups in total. The van der Waals surface area contributed by atoms with Crippen LogP contribution in [0.15, 0.2) is 77.7 Å². The minimum Gasteiger partial charge on any atom is -0.497 e. The molecule has 0 bridgehead atoms. The number of methoxy groups -OCH3 is 1. The van der Waals surface area contributed by atoms with Gasteiger partial charge in [-0.3, -0.25) is 4.68 Å². The smallest absolute Gasteiger partial charge is 0.319 e. The fourth-order valence-electron chi connectivity index (χ4n) is 3.12. The van der Waals surface area contributed by atoms with E-state index in [1.807, 2.05) is 48.7 Å². The van der Waals surface area contributed by atoms with Crippen molar-refractivity contribution in [2.24, 2.45) is 0 Å². The first-order chi connectivity index (χ1) is 16.2. The molecule has 4 aromatic rings. The van der Waals surface area contributed by atoms with Crippen LogP contribution in [-0.2, 0) is 13.0 Å². The molecule has 2 heterocycles. The van der Waals surface area contributed by atoms with Crippen molar-refractivity contribution in [3.63, 3.8) is 0 Å². The number of aromatic nitrogens is 3. The molecule has 0 radical (unpaired) electrons. The van der Waals surface area contributed by atoms with Gasteiger partial charge in [0.1, 0.15) is 24.4 Å². The summed E-state index contributed by atoms with van der Waals surface area (Å²) in [6.07, 6.45) is 5.75. The first kappa shape index (κ1) is 21.9. The van der Waals surface area contributed by atoms with Gasteiger partial charge in [-0.1, -0.05) is 6.07 Å². The Hall–Kier alpha value is -4.27. The number of nitrogens with zero attached hydrogens (tertiary/aromatic N) is 3. The summed E-state index contributed by atoms with van der Waals surface area (Å²) in [4.78, 5) is 16.7. The lowest BCUT2D eigenvalue weighted by Gasteiger charge is -2.10. The number of hydrogen-bond acceptors (Lipinski definition) is 6. The van der Waals surface area contributed by atoms with Crippen molar-refractivity contribution >= 4 is 11.7 Å². The maximum absolute atomic E-state index is 12.2. The highest BCUT2D eigenvalue weighted by Gasteiger charge is 2.08. The number of oxazole rings is 1. The van der Waals surface area contributed by atoms with Crippen LogP contribution in [0.2, 0.25) is 0 Å². The van der Waals surface area contributed by atoms with E-state index in [2.05, 4.69) is 20.7 Å². The quantitative estimate of drug-likeness (QED) is 0.381. The number of urea groups is 1. The largest absolute Gasteiger partial charge is 0.497 e. The number of rotatable bonds is 10. The number of ether oxygens (including phenoxy) is 2. The van der Waals surface area contributed by atoms with Gasteiger partial charge in [-0.15, -0.1) is 0 Å². The minimum atomic E-state index is -0.303. The Morgan fingerprint density at radius 1 is 1.12 bits per heavy atom. The molecule has 2 amide bonds. The number of nitrogens with one attached hydrogen (secondary N) is 2. The van der Waals surface area contributed by atoms with Crippen LogP contribution in [0.25, 0.3) is 11.5 Å². The van der Waals surface area contributed by atoms with Crippen LogP contribution in [0, 0.1) is 0 Å². The summed E-state index contributed by atoms with van der Waals surface area (Å²) in [6, 6.07) is 16.3. The number of hydrogen-bond donors (Lipinski definition) is 2. The predicted molar refractivity (Wildman–Crippen MR) is 123 cm³/mol. The number of benzene rings is 2. The standard InChI is InChI=1S/C24H25N5O4/c1-31-21-8-6-18(7-9-21)23-27-20(17-33-23)10-12-25-24(30)28-19-4-2-5-22(16-19)32-15-14-29-13-3-11-26-29/h2-9,11,13,16-17H,10,12,14-15H2,1H3,(H2,25,28,30). The highest BCUT2D eigenvalue weighted by molar-refractivity contribution is 5.89. The normalized spacial score (nSPS) is 10.6. The van der Waals surface area contributed by atoms with Crippen molar-refractivity contribution < 1.29 is 18.7 Å². The monoisotopic (exact) mass is 447 g/mol. The average molecular weight is 447 g/mol. The van der Waals surface area contributed by atoms with E-state index in [1.54, 1.807) is 36.4 Å². The summed E-state index contributed by atoms with van der Waals surface area (Å²) in [6.45, 7) is 1.54. The second-order valence-electron chi connectivity index (χ2n) is 7.15. The van der Waals surface area contributed by atoms with E-state index in [1.165, 1.54) is 0 Å². The lowest BCUT2D eigenvalue weighted by atomic mass is 10.2. The zero-order valence-electron chi connectivity index (χ0n) is 18.2. The summed E-state index contributed by atoms with van der Waals surface area (Å²) in [5, 5.41) is 9.77. The molecule has 170 valence electrons. The summed E-state index contributed by atoms with van der Waals surface area (Å²) in [7, 11) is 1.62. The second-order valence-corrected chi connectivity index (χ2v) is 7.15. The Morgan fingerprint density at radius 3 is 2.79 bits per heavy atom. The van der Waals surface area contributed by atoms with Crippen LogP contribution in [-0.4, -0.2) is 41.1 Å². The highest BCUT2D eigenvalue weighted by atomic mass is 16.5. The van der Waals surface area contributed by atoms with Gasteiger partial charge in [-0.2, -0.15) is 5.10 Å². The number of amides is 2. The Bertz CT molecular complexity index is 1160. The molecule has 4 rings (SSSR count). The van der Waals surface area contributed by atoms with Crippen LogP contribution in [0.1, 0.15) is 5.69 Å². The van der Waals surface area contributed by atoms with E-state index < -0.39 is 0 Å². The van der Waals surface area contributed by atoms with Crippen LogP contribution in [0.4, 0.5) is 10.5 Å². The van der Waals surface area contributed by atoms with Crippen molar-refractivity contribution in [1.29, 1.82) is 0 Å². The third-order valence-corrected chi connectivity index (χ3v) is 4.80. The fourth-order valence-corrected chi connectivity index (χ4v) is 3.12. The highest BCUT2D eigenvalue weighted by Crippen LogP contribution is 2.22. The van der Waals surface area contributed by atoms with Gasteiger partial charge in [0.2, 0.25) is 5.89 Å². The molecule has 0 fully saturated rings. The molecule has 9 heteroatoms. The van der Waals surface area contributed by atoms with Crippen molar-refractivity contribution in [2.45, 2.75) is 13.0 Å². The van der Waals surface area contributed by atoms with Gasteiger partial charge in [0, 0.05) is 42.7 Å². The van der Waals surface area contributed by atoms with Crippen LogP contribution in [0.5, 0.6) is 11.5 Å². The van der Waals surface area contributed by atoms with Gasteiger partial charge in [0.05, 0.1) is 19.3 Å². The van der Waals surface area contributed by atoms with Gasteiger partial charge < -0.3 is 24.5 Å². The Balaban J connectivity index is 1.20. The third-order valence-electron chi connectivity index (χ3n) is 4.80. The zero-order chi connectivity index (χ0) is 22.9. The number of anilines is 1. The fraction of sp³-hybridized carbons (Fsp3) is 0.208. The molecule has 0 saturated carbocycles. The molecule has 33 heavy (non-hydrogen) atoms. The minimum absolute atomic E-state index is 0.303. The summed E-state index contributed by atoms with van der Waals surface area (Å²) in [5.41, 5.74) is 2.26. The number of carbonyl (C=O) groups excluding carboxylic acids is 1. The van der Waals surface area contributed by atoms with Gasteiger partial charge in [-0.25, -0.2) is 9.78 Å². The Labute approximate surface area is 191 Å². The van der Waals surface area contributed by atoms with Crippen molar-refractivity contribution in [3.8, 4) is 23.0 Å². The van der Waals surface area contributed by atoms with Gasteiger partial charge in [-0.05, 0) is 42.5 Å². The van der Waals surface area contributed by atoms with Crippen LogP contribution < -0.4 is 20.1 Å². The molecule has 2 aromatic carbocycles. The molecule has 0 aliphatic carbocycles. The maximum Gasteiger partial charge on any atom is 0.319 e. The molecule has 0 aliphatic heterocycles. The maximum atomic E-state index is 12.2. The molecule has 2 aromatic heterocycles. The second kappa shape index (κ2) is 10.9. The average Bonchev–Trinajstić information content (AvgIpc) is 3.52. The van der Waals surface area contributed by atoms with Crippen LogP contribution in [0.3, 0.4) is 0 Å². The Morgan fingerprint density at radius 2 is 2.00 bits per heavy atom. The van der Waals surface area contributed by atoms with E-state index in [0.717, 1.165) is 17.0 Å². The van der Waals surface area contributed by atoms with E-state index in [4.69, 9.17) is 13.9 Å². The zero-order valence-corrected chi connectivity index (χ0v) is 18.2. The molecule has 0 unspecified atom stereocenters. The van der Waals surface area contributed by atoms with E-state index in [-0.39, 0.29) is 6.03 Å². The van der Waals surface area contributed by atoms with E-state index in [9.17, 15) is 4.79 Å². The Kier molecular flexibility index (Phi) is 7.22. The molecular formula is C24H25N5O4. The first-order valence-electron chi connectivity index (χ1n) is 10.5. The summed E-state index contributed by atoms with van der Waals surface area (Å²) in [5.74, 6) is 1.97. The van der Waals surface area contributed by atoms with E-state index >= 15 is 0 Å². The van der Waals surface area contributed by atoms with Crippen molar-refractivity contribution in [3.05, 3.63) is 78.9 Å². The molecular weight excluding hydrogens is 422 g/mol. The SMILES string of the molecule is COc1ccc(-c2nc(CCNC(=O)Nc3cccc(OCCn4cccn4)c3)co2)cc1. The molecule has 0 saturated heterocycles. The van der Waals surface area contributed by atoms with E-state index in [0.29, 0.717) is 43.4 Å². The lowest BCUT2D eigenvalue weighted by Crippen LogP contribution is -2.30. The van der Waals surface area contributed by atoms with Crippen LogP contribution >= 0.6 is 0 Å². The van der Waals surface area contributed by atoms with Crippen molar-refractivity contribution in [1.82, 2.24) is 20.1 Å². The van der Waals surface area contributed by atoms with Gasteiger partial charge in [0.25, 0.3) is 0 Å². The predicted octanol–water partition coefficient (Wildman–Crippen LogP) is 3.99. The lowest BCUT2D eigenvalue weighted by molar-refractivity contribution is 0.252. The van der Waals surface area contributed by atoms with Crippen molar-refractivity contribution in [2.75, 3.05) is 25.6 Å².